The second-order valence-corrected chi connectivity index (χ2v) is 8.39. The van der Waals surface area contributed by atoms with Gasteiger partial charge in [-0.3, -0.25) is 9.67 Å². The first-order valence-electron chi connectivity index (χ1n) is 10.9. The van der Waals surface area contributed by atoms with Gasteiger partial charge in [-0.15, -0.1) is 0 Å². The summed E-state index contributed by atoms with van der Waals surface area (Å²) in [5.41, 5.74) is 5.91. The van der Waals surface area contributed by atoms with E-state index in [4.69, 9.17) is 14.6 Å². The summed E-state index contributed by atoms with van der Waals surface area (Å²) in [6.45, 7) is 5.69. The predicted molar refractivity (Wildman–Crippen MR) is 112 cm³/mol. The van der Waals surface area contributed by atoms with Crippen LogP contribution in [0.25, 0.3) is 0 Å². The average molecular weight is 412 g/mol. The van der Waals surface area contributed by atoms with Gasteiger partial charge in [0.2, 0.25) is 0 Å². The van der Waals surface area contributed by atoms with Gasteiger partial charge in [0, 0.05) is 49.7 Å². The highest BCUT2D eigenvalue weighted by atomic mass is 16.5. The number of rotatable bonds is 2. The molecule has 0 aliphatic carbocycles. The molecule has 0 saturated carbocycles. The summed E-state index contributed by atoms with van der Waals surface area (Å²) in [5, 5.41) is 5.16. The van der Waals surface area contributed by atoms with Crippen LogP contribution in [0.15, 0.2) is 12.3 Å². The number of hydrogen-bond donors (Lipinski definition) is 0. The van der Waals surface area contributed by atoms with Crippen LogP contribution in [0.3, 0.4) is 0 Å². The van der Waals surface area contributed by atoms with Crippen molar-refractivity contribution in [2.75, 3.05) is 38.3 Å². The van der Waals surface area contributed by atoms with Crippen LogP contribution in [0.5, 0.6) is 0 Å². The first-order valence-corrected chi connectivity index (χ1v) is 10.9. The molecule has 1 fully saturated rings. The molecule has 5 rings (SSSR count). The van der Waals surface area contributed by atoms with Crippen LogP contribution < -0.4 is 4.90 Å². The summed E-state index contributed by atoms with van der Waals surface area (Å²) >= 11 is 0. The average Bonchev–Trinajstić information content (AvgIpc) is 3.17. The summed E-state index contributed by atoms with van der Waals surface area (Å²) in [7, 11) is 1.44. The van der Waals surface area contributed by atoms with E-state index in [-0.39, 0.29) is 6.09 Å². The van der Waals surface area contributed by atoms with Crippen LogP contribution in [0.1, 0.15) is 47.8 Å². The molecule has 0 N–H and O–H groups in total. The van der Waals surface area contributed by atoms with E-state index >= 15 is 0 Å². The zero-order valence-electron chi connectivity index (χ0n) is 17.8. The molecule has 2 aromatic rings. The number of ether oxygens (including phenoxy) is 2. The molecule has 0 spiro atoms. The molecule has 0 atom stereocenters. The summed E-state index contributed by atoms with van der Waals surface area (Å²) in [5.74, 6) is 0.969. The van der Waals surface area contributed by atoms with Crippen LogP contribution in [-0.2, 0) is 28.9 Å². The van der Waals surface area contributed by atoms with E-state index in [1.165, 1.54) is 18.4 Å². The van der Waals surface area contributed by atoms with Crippen LogP contribution in [0.2, 0.25) is 0 Å². The lowest BCUT2D eigenvalue weighted by molar-refractivity contribution is 0.0649. The number of pyridine rings is 1. The topological polar surface area (TPSA) is 72.7 Å². The van der Waals surface area contributed by atoms with E-state index in [9.17, 15) is 4.79 Å². The SMILES string of the molecule is COC(=O)N1CCc2c(c(N3CCCc4cc(C)ncc43)nn2C2CCOCC2)C1. The molecule has 2 aromatic heterocycles. The molecule has 0 radical (unpaired) electrons. The van der Waals surface area contributed by atoms with Crippen molar-refractivity contribution < 1.29 is 14.3 Å². The number of aromatic nitrogens is 3. The minimum Gasteiger partial charge on any atom is -0.453 e. The van der Waals surface area contributed by atoms with Gasteiger partial charge in [0.15, 0.2) is 5.82 Å². The molecule has 0 unspecified atom stereocenters. The molecule has 160 valence electrons. The number of methoxy groups -OCH3 is 1. The Morgan fingerprint density at radius 2 is 2.07 bits per heavy atom. The quantitative estimate of drug-likeness (QED) is 0.756. The van der Waals surface area contributed by atoms with E-state index in [0.717, 1.165) is 74.6 Å². The summed E-state index contributed by atoms with van der Waals surface area (Å²) in [6, 6.07) is 2.54. The lowest BCUT2D eigenvalue weighted by Crippen LogP contribution is -2.37. The maximum absolute atomic E-state index is 12.2. The molecular weight excluding hydrogens is 382 g/mol. The summed E-state index contributed by atoms with van der Waals surface area (Å²) in [6.07, 6.45) is 6.59. The molecular formula is C22H29N5O3. The zero-order valence-corrected chi connectivity index (χ0v) is 17.8. The summed E-state index contributed by atoms with van der Waals surface area (Å²) < 4.78 is 12.8. The zero-order chi connectivity index (χ0) is 20.7. The van der Waals surface area contributed by atoms with Gasteiger partial charge < -0.3 is 19.3 Å². The molecule has 3 aliphatic heterocycles. The third-order valence-corrected chi connectivity index (χ3v) is 6.51. The van der Waals surface area contributed by atoms with Crippen molar-refractivity contribution >= 4 is 17.6 Å². The number of carbonyl (C=O) groups excluding carboxylic acids is 1. The second-order valence-electron chi connectivity index (χ2n) is 8.39. The van der Waals surface area contributed by atoms with Crippen molar-refractivity contribution in [3.8, 4) is 0 Å². The fourth-order valence-electron chi connectivity index (χ4n) is 4.98. The van der Waals surface area contributed by atoms with Crippen molar-refractivity contribution in [2.45, 2.75) is 51.6 Å². The lowest BCUT2D eigenvalue weighted by atomic mass is 10.0. The molecule has 5 heterocycles. The Morgan fingerprint density at radius 1 is 1.23 bits per heavy atom. The van der Waals surface area contributed by atoms with Gasteiger partial charge in [-0.25, -0.2) is 4.79 Å². The Balaban J connectivity index is 1.58. The third-order valence-electron chi connectivity index (χ3n) is 6.51. The Labute approximate surface area is 176 Å². The number of nitrogens with zero attached hydrogens (tertiary/aromatic N) is 5. The number of amides is 1. The summed E-state index contributed by atoms with van der Waals surface area (Å²) in [4.78, 5) is 20.9. The minimum absolute atomic E-state index is 0.276. The highest BCUT2D eigenvalue weighted by Crippen LogP contribution is 2.39. The number of aryl methyl sites for hydroxylation is 2. The van der Waals surface area contributed by atoms with Gasteiger partial charge in [-0.05, 0) is 44.2 Å². The third kappa shape index (κ3) is 3.33. The molecule has 8 nitrogen and oxygen atoms in total. The molecule has 3 aliphatic rings. The Kier molecular flexibility index (Phi) is 5.10. The van der Waals surface area contributed by atoms with Crippen molar-refractivity contribution in [3.63, 3.8) is 0 Å². The molecule has 8 heteroatoms. The predicted octanol–water partition coefficient (Wildman–Crippen LogP) is 3.15. The number of carbonyl (C=O) groups is 1. The van der Waals surface area contributed by atoms with Crippen molar-refractivity contribution in [1.29, 1.82) is 0 Å². The fraction of sp³-hybridized carbons (Fsp3) is 0.591. The number of anilines is 2. The first kappa shape index (κ1) is 19.4. The minimum atomic E-state index is -0.276. The second kappa shape index (κ2) is 7.91. The Morgan fingerprint density at radius 3 is 2.87 bits per heavy atom. The number of hydrogen-bond acceptors (Lipinski definition) is 6. The van der Waals surface area contributed by atoms with Crippen molar-refractivity contribution in [1.82, 2.24) is 19.7 Å². The first-order chi connectivity index (χ1) is 14.7. The largest absolute Gasteiger partial charge is 0.453 e. The molecule has 0 aromatic carbocycles. The smallest absolute Gasteiger partial charge is 0.409 e. The highest BCUT2D eigenvalue weighted by molar-refractivity contribution is 5.71. The van der Waals surface area contributed by atoms with Crippen LogP contribution in [0, 0.1) is 6.92 Å². The normalized spacial score (nSPS) is 19.4. The Bertz CT molecular complexity index is 950. The van der Waals surface area contributed by atoms with Gasteiger partial charge in [0.1, 0.15) is 0 Å². The maximum Gasteiger partial charge on any atom is 0.409 e. The van der Waals surface area contributed by atoms with E-state index in [1.807, 2.05) is 13.1 Å². The van der Waals surface area contributed by atoms with E-state index < -0.39 is 0 Å². The number of fused-ring (bicyclic) bond motifs is 2. The Hall–Kier alpha value is -2.61. The van der Waals surface area contributed by atoms with Gasteiger partial charge in [0.05, 0.1) is 31.6 Å². The van der Waals surface area contributed by atoms with E-state index in [0.29, 0.717) is 19.1 Å². The molecule has 1 saturated heterocycles. The molecule has 0 bridgehead atoms. The van der Waals surface area contributed by atoms with Gasteiger partial charge >= 0.3 is 6.09 Å². The van der Waals surface area contributed by atoms with E-state index in [2.05, 4.69) is 20.6 Å². The molecule has 30 heavy (non-hydrogen) atoms. The van der Waals surface area contributed by atoms with Crippen LogP contribution >= 0.6 is 0 Å². The van der Waals surface area contributed by atoms with Gasteiger partial charge in [-0.2, -0.15) is 5.10 Å². The van der Waals surface area contributed by atoms with Crippen LogP contribution in [-0.4, -0.2) is 59.2 Å². The standard InChI is InChI=1S/C22H29N5O3/c1-15-12-16-4-3-8-26(20(16)13-23-15)21-18-14-25(22(28)29-2)9-5-19(18)27(24-21)17-6-10-30-11-7-17/h12-13,17H,3-11,14H2,1-2H3. The monoisotopic (exact) mass is 411 g/mol. The highest BCUT2D eigenvalue weighted by Gasteiger charge is 2.34. The molecule has 1 amide bonds. The van der Waals surface area contributed by atoms with E-state index in [1.54, 1.807) is 4.90 Å². The van der Waals surface area contributed by atoms with Crippen molar-refractivity contribution in [3.05, 3.63) is 34.8 Å². The van der Waals surface area contributed by atoms with Gasteiger partial charge in [-0.1, -0.05) is 0 Å². The maximum atomic E-state index is 12.2. The van der Waals surface area contributed by atoms with Crippen molar-refractivity contribution in [2.24, 2.45) is 0 Å². The van der Waals surface area contributed by atoms with Crippen LogP contribution in [0.4, 0.5) is 16.3 Å². The van der Waals surface area contributed by atoms with Gasteiger partial charge in [0.25, 0.3) is 0 Å². The lowest BCUT2D eigenvalue weighted by Gasteiger charge is -2.32. The fourth-order valence-corrected chi connectivity index (χ4v) is 4.98.